The summed E-state index contributed by atoms with van der Waals surface area (Å²) >= 11 is 0. The van der Waals surface area contributed by atoms with Gasteiger partial charge in [0.2, 0.25) is 0 Å². The lowest BCUT2D eigenvalue weighted by atomic mass is 10.1. The summed E-state index contributed by atoms with van der Waals surface area (Å²) in [6.45, 7) is 0. The zero-order valence-corrected chi connectivity index (χ0v) is 11.1. The fourth-order valence-electron chi connectivity index (χ4n) is 1.90. The van der Waals surface area contributed by atoms with Crippen molar-refractivity contribution in [3.8, 4) is 17.2 Å². The number of ether oxygens (including phenoxy) is 3. The maximum Gasteiger partial charge on any atom is 0.347 e. The molecule has 0 unspecified atom stereocenters. The van der Waals surface area contributed by atoms with Gasteiger partial charge in [0.25, 0.3) is 5.56 Å². The average molecular weight is 279 g/mol. The highest BCUT2D eigenvalue weighted by molar-refractivity contribution is 6.00. The highest BCUT2D eigenvalue weighted by Gasteiger charge is 2.21. The predicted molar refractivity (Wildman–Crippen MR) is 70.7 cm³/mol. The Balaban J connectivity index is 2.84. The molecule has 0 amide bonds. The molecule has 0 aliphatic rings. The van der Waals surface area contributed by atoms with E-state index in [1.54, 1.807) is 0 Å². The summed E-state index contributed by atoms with van der Waals surface area (Å²) in [7, 11) is 4.01. The number of aromatic nitrogens is 1. The van der Waals surface area contributed by atoms with Crippen molar-refractivity contribution in [3.05, 3.63) is 28.0 Å². The van der Waals surface area contributed by atoms with Crippen LogP contribution in [-0.4, -0.2) is 37.4 Å². The number of carbonyl (C=O) groups excluding carboxylic acids is 1. The van der Waals surface area contributed by atoms with Gasteiger partial charge in [-0.25, -0.2) is 4.79 Å². The van der Waals surface area contributed by atoms with Gasteiger partial charge in [0, 0.05) is 11.5 Å². The molecule has 7 nitrogen and oxygen atoms in total. The highest BCUT2D eigenvalue weighted by Crippen LogP contribution is 2.35. The maximum atomic E-state index is 11.8. The molecule has 0 atom stereocenters. The Labute approximate surface area is 113 Å². The van der Waals surface area contributed by atoms with Crippen LogP contribution in [0.5, 0.6) is 17.2 Å². The molecule has 0 aliphatic heterocycles. The van der Waals surface area contributed by atoms with Gasteiger partial charge in [0.15, 0.2) is 17.1 Å². The molecule has 0 fully saturated rings. The molecule has 2 rings (SSSR count). The third-order valence-corrected chi connectivity index (χ3v) is 2.88. The van der Waals surface area contributed by atoms with Crippen LogP contribution in [0.25, 0.3) is 10.9 Å². The van der Waals surface area contributed by atoms with E-state index in [1.165, 1.54) is 26.4 Å². The number of rotatable bonds is 3. The molecule has 20 heavy (non-hydrogen) atoms. The van der Waals surface area contributed by atoms with Crippen molar-refractivity contribution in [1.29, 1.82) is 0 Å². The summed E-state index contributed by atoms with van der Waals surface area (Å²) in [5, 5.41) is 10.4. The molecule has 0 saturated heterocycles. The Hall–Kier alpha value is -2.70. The van der Waals surface area contributed by atoms with Gasteiger partial charge in [0.1, 0.15) is 5.75 Å². The standard InChI is InChI=1S/C13H13NO6/c1-18-8-4-6-7(5-9(8)19-2)14-12(16)10(11(6)15)13(17)20-3/h4-5H,1-3H3,(H2,14,15,16). The lowest BCUT2D eigenvalue weighted by Gasteiger charge is -2.11. The zero-order valence-electron chi connectivity index (χ0n) is 11.1. The lowest BCUT2D eigenvalue weighted by Crippen LogP contribution is -2.19. The number of aromatic hydroxyl groups is 1. The SMILES string of the molecule is COC(=O)c1c(O)c2cc(OC)c(OC)cc2[nH]c1=O. The van der Waals surface area contributed by atoms with Gasteiger partial charge < -0.3 is 24.3 Å². The number of nitrogens with one attached hydrogen (secondary N) is 1. The Morgan fingerprint density at radius 2 is 1.75 bits per heavy atom. The number of benzene rings is 1. The molecule has 2 aromatic rings. The van der Waals surface area contributed by atoms with E-state index in [0.29, 0.717) is 17.0 Å². The summed E-state index contributed by atoms with van der Waals surface area (Å²) in [4.78, 5) is 25.8. The van der Waals surface area contributed by atoms with Crippen molar-refractivity contribution in [2.24, 2.45) is 0 Å². The molecule has 1 heterocycles. The summed E-state index contributed by atoms with van der Waals surface area (Å²) in [5.74, 6) is -0.629. The number of pyridine rings is 1. The van der Waals surface area contributed by atoms with Crippen LogP contribution < -0.4 is 15.0 Å². The van der Waals surface area contributed by atoms with E-state index in [9.17, 15) is 14.7 Å². The summed E-state index contributed by atoms with van der Waals surface area (Å²) in [6, 6.07) is 2.96. The zero-order chi connectivity index (χ0) is 14.9. The first kappa shape index (κ1) is 13.7. The van der Waals surface area contributed by atoms with E-state index in [4.69, 9.17) is 9.47 Å². The molecule has 0 saturated carbocycles. The molecule has 1 aromatic heterocycles. The third-order valence-electron chi connectivity index (χ3n) is 2.88. The first-order valence-corrected chi connectivity index (χ1v) is 5.62. The summed E-state index contributed by atoms with van der Waals surface area (Å²) < 4.78 is 14.7. The number of H-pyrrole nitrogens is 1. The van der Waals surface area contributed by atoms with Crippen molar-refractivity contribution in [2.75, 3.05) is 21.3 Å². The maximum absolute atomic E-state index is 11.8. The van der Waals surface area contributed by atoms with Crippen molar-refractivity contribution >= 4 is 16.9 Å². The Morgan fingerprint density at radius 1 is 1.15 bits per heavy atom. The van der Waals surface area contributed by atoms with Crippen molar-refractivity contribution in [2.45, 2.75) is 0 Å². The topological polar surface area (TPSA) is 97.8 Å². The molecule has 106 valence electrons. The van der Waals surface area contributed by atoms with Crippen LogP contribution in [0.1, 0.15) is 10.4 Å². The molecule has 0 spiro atoms. The first-order valence-electron chi connectivity index (χ1n) is 5.62. The van der Waals surface area contributed by atoms with Crippen LogP contribution in [0.15, 0.2) is 16.9 Å². The van der Waals surface area contributed by atoms with Gasteiger partial charge >= 0.3 is 5.97 Å². The highest BCUT2D eigenvalue weighted by atomic mass is 16.5. The number of aromatic amines is 1. The third kappa shape index (κ3) is 2.03. The van der Waals surface area contributed by atoms with E-state index in [1.807, 2.05) is 0 Å². The van der Waals surface area contributed by atoms with Crippen molar-refractivity contribution < 1.29 is 24.1 Å². The number of carbonyl (C=O) groups is 1. The van der Waals surface area contributed by atoms with Crippen LogP contribution in [0.2, 0.25) is 0 Å². The molecule has 0 bridgehead atoms. The average Bonchev–Trinajstić information content (AvgIpc) is 2.45. The molecule has 0 radical (unpaired) electrons. The summed E-state index contributed by atoms with van der Waals surface area (Å²) in [5.41, 5.74) is -0.876. The van der Waals surface area contributed by atoms with Crippen molar-refractivity contribution in [3.63, 3.8) is 0 Å². The fraction of sp³-hybridized carbons (Fsp3) is 0.231. The quantitative estimate of drug-likeness (QED) is 0.814. The van der Waals surface area contributed by atoms with E-state index in [-0.39, 0.29) is 5.39 Å². The van der Waals surface area contributed by atoms with Gasteiger partial charge in [-0.05, 0) is 6.07 Å². The second-order valence-corrected chi connectivity index (χ2v) is 3.92. The van der Waals surface area contributed by atoms with Crippen LogP contribution in [0.3, 0.4) is 0 Å². The minimum Gasteiger partial charge on any atom is -0.506 e. The second-order valence-electron chi connectivity index (χ2n) is 3.92. The number of fused-ring (bicyclic) bond motifs is 1. The fourth-order valence-corrected chi connectivity index (χ4v) is 1.90. The predicted octanol–water partition coefficient (Wildman–Crippen LogP) is 1.04. The molecule has 0 aliphatic carbocycles. The molecular formula is C13H13NO6. The molecule has 7 heteroatoms. The van der Waals surface area contributed by atoms with E-state index < -0.39 is 22.8 Å². The smallest absolute Gasteiger partial charge is 0.347 e. The Bertz CT molecular complexity index is 734. The second kappa shape index (κ2) is 5.12. The largest absolute Gasteiger partial charge is 0.506 e. The monoisotopic (exact) mass is 279 g/mol. The number of esters is 1. The summed E-state index contributed by atoms with van der Waals surface area (Å²) in [6.07, 6.45) is 0. The van der Waals surface area contributed by atoms with Crippen LogP contribution in [-0.2, 0) is 4.74 Å². The Kier molecular flexibility index (Phi) is 3.51. The van der Waals surface area contributed by atoms with Gasteiger partial charge in [-0.3, -0.25) is 4.79 Å². The van der Waals surface area contributed by atoms with Gasteiger partial charge in [0.05, 0.1) is 26.8 Å². The number of methoxy groups -OCH3 is 3. The van der Waals surface area contributed by atoms with E-state index in [0.717, 1.165) is 7.11 Å². The molecule has 2 N–H and O–H groups in total. The van der Waals surface area contributed by atoms with E-state index in [2.05, 4.69) is 9.72 Å². The lowest BCUT2D eigenvalue weighted by molar-refractivity contribution is 0.0595. The minimum atomic E-state index is -0.916. The van der Waals surface area contributed by atoms with Gasteiger partial charge in [-0.15, -0.1) is 0 Å². The van der Waals surface area contributed by atoms with Crippen LogP contribution >= 0.6 is 0 Å². The van der Waals surface area contributed by atoms with E-state index >= 15 is 0 Å². The minimum absolute atomic E-state index is 0.252. The first-order chi connectivity index (χ1) is 9.53. The number of hydrogen-bond acceptors (Lipinski definition) is 6. The Morgan fingerprint density at radius 3 is 2.30 bits per heavy atom. The van der Waals surface area contributed by atoms with Gasteiger partial charge in [-0.1, -0.05) is 0 Å². The van der Waals surface area contributed by atoms with Crippen LogP contribution in [0.4, 0.5) is 0 Å². The van der Waals surface area contributed by atoms with Crippen LogP contribution in [0, 0.1) is 0 Å². The number of hydrogen-bond donors (Lipinski definition) is 2. The van der Waals surface area contributed by atoms with Crippen molar-refractivity contribution in [1.82, 2.24) is 4.98 Å². The normalized spacial score (nSPS) is 10.3. The van der Waals surface area contributed by atoms with Gasteiger partial charge in [-0.2, -0.15) is 0 Å². The molecular weight excluding hydrogens is 266 g/mol. The molecule has 1 aromatic carbocycles.